The number of anilines is 2. The van der Waals surface area contributed by atoms with Crippen LogP contribution in [0.1, 0.15) is 70.9 Å². The van der Waals surface area contributed by atoms with Gasteiger partial charge in [-0.1, -0.05) is 12.1 Å². The lowest BCUT2D eigenvalue weighted by atomic mass is 9.74. The second-order valence-electron chi connectivity index (χ2n) is 13.0. The molecule has 0 saturated carbocycles. The van der Waals surface area contributed by atoms with Crippen LogP contribution in [0.4, 0.5) is 11.4 Å². The SMILES string of the molecule is CCN(c1cc(-c2ccc3c(c2)NC(=O)C32CCNCC2)cc(C(=O)NCc2c(C)cc(C)[nH]c2=O)c1C)C1CCS(=O)(=O)CC1. The zero-order valence-corrected chi connectivity index (χ0v) is 27.8. The second-order valence-corrected chi connectivity index (χ2v) is 15.3. The molecule has 10 nitrogen and oxygen atoms in total. The average Bonchev–Trinajstić information content (AvgIpc) is 3.27. The number of H-pyrrole nitrogens is 1. The number of hydrogen-bond donors (Lipinski definition) is 4. The van der Waals surface area contributed by atoms with Gasteiger partial charge >= 0.3 is 0 Å². The highest BCUT2D eigenvalue weighted by Crippen LogP contribution is 2.45. The third-order valence-electron chi connectivity index (χ3n) is 10.2. The van der Waals surface area contributed by atoms with Gasteiger partial charge < -0.3 is 25.8 Å². The molecule has 0 bridgehead atoms. The van der Waals surface area contributed by atoms with Gasteiger partial charge in [-0.25, -0.2) is 8.42 Å². The summed E-state index contributed by atoms with van der Waals surface area (Å²) in [4.78, 5) is 44.8. The van der Waals surface area contributed by atoms with E-state index in [1.807, 2.05) is 58.0 Å². The fourth-order valence-corrected chi connectivity index (χ4v) is 9.00. The average molecular weight is 646 g/mol. The minimum Gasteiger partial charge on any atom is -0.369 e. The van der Waals surface area contributed by atoms with E-state index in [1.165, 1.54) is 0 Å². The molecule has 4 heterocycles. The van der Waals surface area contributed by atoms with Crippen molar-refractivity contribution in [3.05, 3.63) is 80.3 Å². The van der Waals surface area contributed by atoms with Crippen molar-refractivity contribution >= 4 is 33.0 Å². The Kier molecular flexibility index (Phi) is 8.58. The Morgan fingerprint density at radius 2 is 1.72 bits per heavy atom. The van der Waals surface area contributed by atoms with Crippen molar-refractivity contribution < 1.29 is 18.0 Å². The molecule has 46 heavy (non-hydrogen) atoms. The van der Waals surface area contributed by atoms with Crippen LogP contribution in [0.25, 0.3) is 11.1 Å². The predicted molar refractivity (Wildman–Crippen MR) is 181 cm³/mol. The summed E-state index contributed by atoms with van der Waals surface area (Å²) in [6.45, 7) is 9.96. The molecule has 2 aromatic carbocycles. The minimum atomic E-state index is -3.05. The standard InChI is InChI=1S/C35H43N5O5S/c1-5-40(26-8-14-46(44,45)15-9-26)31-19-25(24-6-7-29-30(18-24)39-34(43)35(29)10-12-36-13-11-35)17-27(23(31)4)32(41)37-20-28-21(2)16-22(3)38-33(28)42/h6-7,16-19,26,36H,5,8-15,20H2,1-4H3,(H,37,41)(H,38,42)(H,39,43). The number of aryl methyl sites for hydroxylation is 2. The molecular weight excluding hydrogens is 602 g/mol. The van der Waals surface area contributed by atoms with E-state index in [2.05, 4.69) is 31.9 Å². The molecule has 2 fully saturated rings. The smallest absolute Gasteiger partial charge is 0.253 e. The molecule has 2 amide bonds. The summed E-state index contributed by atoms with van der Waals surface area (Å²) < 4.78 is 24.5. The quantitative estimate of drug-likeness (QED) is 0.306. The number of carbonyl (C=O) groups is 2. The fraction of sp³-hybridized carbons (Fsp3) is 0.457. The molecule has 3 aromatic rings. The lowest BCUT2D eigenvalue weighted by Gasteiger charge is -2.37. The van der Waals surface area contributed by atoms with Crippen LogP contribution in [-0.4, -0.2) is 62.4 Å². The van der Waals surface area contributed by atoms with E-state index >= 15 is 0 Å². The number of rotatable bonds is 7. The largest absolute Gasteiger partial charge is 0.369 e. The molecular formula is C35H43N5O5S. The van der Waals surface area contributed by atoms with Gasteiger partial charge in [-0.05, 0) is 119 Å². The summed E-state index contributed by atoms with van der Waals surface area (Å²) in [5, 5.41) is 9.46. The Balaban J connectivity index is 1.40. The molecule has 1 aromatic heterocycles. The van der Waals surface area contributed by atoms with Gasteiger partial charge in [0.15, 0.2) is 0 Å². The number of hydrogen-bond acceptors (Lipinski definition) is 7. The molecule has 0 radical (unpaired) electrons. The molecule has 1 spiro atoms. The Morgan fingerprint density at radius 1 is 1.00 bits per heavy atom. The van der Waals surface area contributed by atoms with Crippen molar-refractivity contribution in [3.63, 3.8) is 0 Å². The van der Waals surface area contributed by atoms with E-state index in [9.17, 15) is 22.8 Å². The van der Waals surface area contributed by atoms with Gasteiger partial charge in [0.25, 0.3) is 11.5 Å². The van der Waals surface area contributed by atoms with Gasteiger partial charge in [-0.3, -0.25) is 14.4 Å². The first kappa shape index (κ1) is 32.0. The van der Waals surface area contributed by atoms with Gasteiger partial charge in [0.2, 0.25) is 5.91 Å². The number of nitrogens with zero attached hydrogens (tertiary/aromatic N) is 1. The van der Waals surface area contributed by atoms with Gasteiger partial charge in [-0.2, -0.15) is 0 Å². The van der Waals surface area contributed by atoms with Gasteiger partial charge in [0, 0.05) is 47.3 Å². The maximum Gasteiger partial charge on any atom is 0.253 e. The van der Waals surface area contributed by atoms with E-state index in [0.29, 0.717) is 30.5 Å². The molecule has 6 rings (SSSR count). The molecule has 3 aliphatic heterocycles. The first-order chi connectivity index (χ1) is 21.9. The van der Waals surface area contributed by atoms with Crippen LogP contribution in [0.15, 0.2) is 41.2 Å². The van der Waals surface area contributed by atoms with Gasteiger partial charge in [0.1, 0.15) is 9.84 Å². The molecule has 11 heteroatoms. The number of fused-ring (bicyclic) bond motifs is 2. The van der Waals surface area contributed by atoms with Crippen molar-refractivity contribution in [2.24, 2.45) is 0 Å². The monoisotopic (exact) mass is 645 g/mol. The van der Waals surface area contributed by atoms with Crippen LogP contribution in [-0.2, 0) is 26.6 Å². The highest BCUT2D eigenvalue weighted by Gasteiger charge is 2.47. The molecule has 0 unspecified atom stereocenters. The van der Waals surface area contributed by atoms with E-state index in [4.69, 9.17) is 0 Å². The topological polar surface area (TPSA) is 140 Å². The molecule has 4 N–H and O–H groups in total. The number of piperidine rings is 1. The van der Waals surface area contributed by atoms with Gasteiger partial charge in [0.05, 0.1) is 16.9 Å². The van der Waals surface area contributed by atoms with E-state index in [-0.39, 0.29) is 41.5 Å². The number of amides is 2. The number of aromatic nitrogens is 1. The summed E-state index contributed by atoms with van der Waals surface area (Å²) in [5.74, 6) is 0.0286. The maximum absolute atomic E-state index is 13.9. The van der Waals surface area contributed by atoms with E-state index < -0.39 is 15.3 Å². The predicted octanol–water partition coefficient (Wildman–Crippen LogP) is 3.87. The molecule has 244 valence electrons. The van der Waals surface area contributed by atoms with Crippen molar-refractivity contribution in [1.82, 2.24) is 15.6 Å². The summed E-state index contributed by atoms with van der Waals surface area (Å²) in [7, 11) is -3.05. The van der Waals surface area contributed by atoms with Gasteiger partial charge in [-0.15, -0.1) is 0 Å². The van der Waals surface area contributed by atoms with Crippen LogP contribution in [0.3, 0.4) is 0 Å². The minimum absolute atomic E-state index is 0.0197. The highest BCUT2D eigenvalue weighted by molar-refractivity contribution is 7.91. The Bertz CT molecular complexity index is 1860. The highest BCUT2D eigenvalue weighted by atomic mass is 32.2. The van der Waals surface area contributed by atoms with Crippen molar-refractivity contribution in [2.75, 3.05) is 41.4 Å². The summed E-state index contributed by atoms with van der Waals surface area (Å²) in [6.07, 6.45) is 2.55. The van der Waals surface area contributed by atoms with Crippen LogP contribution in [0.5, 0.6) is 0 Å². The summed E-state index contributed by atoms with van der Waals surface area (Å²) in [5.41, 5.74) is 6.99. The lowest BCUT2D eigenvalue weighted by molar-refractivity contribution is -0.121. The zero-order valence-electron chi connectivity index (χ0n) is 27.0. The van der Waals surface area contributed by atoms with Crippen LogP contribution >= 0.6 is 0 Å². The summed E-state index contributed by atoms with van der Waals surface area (Å²) >= 11 is 0. The second kappa shape index (κ2) is 12.3. The first-order valence-electron chi connectivity index (χ1n) is 16.2. The Hall–Kier alpha value is -3.96. The normalized spacial score (nSPS) is 18.7. The third-order valence-corrected chi connectivity index (χ3v) is 11.9. The first-order valence-corrected chi connectivity index (χ1v) is 18.0. The Labute approximate surface area is 270 Å². The third kappa shape index (κ3) is 5.86. The zero-order chi connectivity index (χ0) is 32.8. The number of carbonyl (C=O) groups excluding carboxylic acids is 2. The van der Waals surface area contributed by atoms with Crippen molar-refractivity contribution in [2.45, 2.75) is 71.4 Å². The lowest BCUT2D eigenvalue weighted by Crippen LogP contribution is -2.44. The Morgan fingerprint density at radius 3 is 2.39 bits per heavy atom. The molecule has 0 aliphatic carbocycles. The van der Waals surface area contributed by atoms with Crippen molar-refractivity contribution in [1.29, 1.82) is 0 Å². The maximum atomic E-state index is 13.9. The van der Waals surface area contributed by atoms with Crippen LogP contribution in [0, 0.1) is 20.8 Å². The number of benzene rings is 2. The molecule has 2 saturated heterocycles. The fourth-order valence-electron chi connectivity index (χ4n) is 7.54. The van der Waals surface area contributed by atoms with E-state index in [1.54, 1.807) is 0 Å². The number of aromatic amines is 1. The van der Waals surface area contributed by atoms with Crippen molar-refractivity contribution in [3.8, 4) is 11.1 Å². The van der Waals surface area contributed by atoms with Crippen LogP contribution in [0.2, 0.25) is 0 Å². The van der Waals surface area contributed by atoms with Crippen LogP contribution < -0.4 is 26.4 Å². The number of sulfone groups is 1. The summed E-state index contributed by atoms with van der Waals surface area (Å²) in [6, 6.07) is 11.9. The number of nitrogens with one attached hydrogen (secondary N) is 4. The number of pyridine rings is 1. The molecule has 3 aliphatic rings. The molecule has 0 atom stereocenters. The van der Waals surface area contributed by atoms with E-state index in [0.717, 1.165) is 70.8 Å².